The highest BCUT2D eigenvalue weighted by Crippen LogP contribution is 2.06. The highest BCUT2D eigenvalue weighted by atomic mass is 19.1. The summed E-state index contributed by atoms with van der Waals surface area (Å²) in [5.74, 6) is -0.305. The molecule has 5 heteroatoms. The number of methoxy groups -OCH3 is 1. The van der Waals surface area contributed by atoms with Crippen molar-refractivity contribution in [2.75, 3.05) is 7.11 Å². The van der Waals surface area contributed by atoms with Crippen molar-refractivity contribution >= 4 is 11.8 Å². The second-order valence-electron chi connectivity index (χ2n) is 3.02. The highest BCUT2D eigenvalue weighted by molar-refractivity contribution is 6.00. The Morgan fingerprint density at radius 3 is 2.56 bits per heavy atom. The summed E-state index contributed by atoms with van der Waals surface area (Å²) in [4.78, 5) is 10.8. The van der Waals surface area contributed by atoms with Crippen molar-refractivity contribution in [1.82, 2.24) is 5.43 Å². The van der Waals surface area contributed by atoms with Crippen LogP contribution in [0.25, 0.3) is 0 Å². The van der Waals surface area contributed by atoms with Gasteiger partial charge in [0.15, 0.2) is 0 Å². The lowest BCUT2D eigenvalue weighted by Gasteiger charge is -2.04. The molecule has 0 spiro atoms. The van der Waals surface area contributed by atoms with Crippen molar-refractivity contribution in [3.05, 3.63) is 35.6 Å². The summed E-state index contributed by atoms with van der Waals surface area (Å²) in [6.45, 7) is 1.89. The van der Waals surface area contributed by atoms with Gasteiger partial charge in [-0.3, -0.25) is 0 Å². The maximum absolute atomic E-state index is 12.7. The molecule has 0 aliphatic carbocycles. The molecule has 0 aliphatic heterocycles. The van der Waals surface area contributed by atoms with E-state index in [9.17, 15) is 9.18 Å². The molecular weight excluding hydrogens is 211 g/mol. The van der Waals surface area contributed by atoms with E-state index in [1.807, 2.05) is 6.92 Å². The number of halogens is 1. The molecule has 0 aliphatic rings. The third kappa shape index (κ3) is 3.34. The summed E-state index contributed by atoms with van der Waals surface area (Å²) in [7, 11) is 1.26. The van der Waals surface area contributed by atoms with Crippen LogP contribution < -0.4 is 5.43 Å². The van der Waals surface area contributed by atoms with Crippen LogP contribution in [-0.2, 0) is 4.74 Å². The van der Waals surface area contributed by atoms with Gasteiger partial charge in [0.05, 0.1) is 12.8 Å². The first-order valence-electron chi connectivity index (χ1n) is 4.83. The number of carbonyl (C=O) groups excluding carboxylic acids is 1. The van der Waals surface area contributed by atoms with Gasteiger partial charge in [0.1, 0.15) is 5.82 Å². The maximum Gasteiger partial charge on any atom is 0.427 e. The van der Waals surface area contributed by atoms with E-state index in [1.54, 1.807) is 12.1 Å². The third-order valence-corrected chi connectivity index (χ3v) is 1.98. The van der Waals surface area contributed by atoms with Gasteiger partial charge in [-0.1, -0.05) is 19.1 Å². The lowest BCUT2D eigenvalue weighted by molar-refractivity contribution is 0.171. The second-order valence-corrected chi connectivity index (χ2v) is 3.02. The molecule has 1 aromatic rings. The molecule has 1 aromatic carbocycles. The van der Waals surface area contributed by atoms with Gasteiger partial charge in [-0.25, -0.2) is 14.6 Å². The van der Waals surface area contributed by atoms with Crippen LogP contribution in [0.1, 0.15) is 18.9 Å². The van der Waals surface area contributed by atoms with E-state index in [0.717, 1.165) is 5.56 Å². The molecule has 0 bridgehead atoms. The zero-order valence-corrected chi connectivity index (χ0v) is 9.16. The summed E-state index contributed by atoms with van der Waals surface area (Å²) in [5, 5.41) is 3.88. The molecule has 0 aromatic heterocycles. The van der Waals surface area contributed by atoms with Crippen molar-refractivity contribution in [3.63, 3.8) is 0 Å². The lowest BCUT2D eigenvalue weighted by Crippen LogP contribution is -2.19. The molecule has 1 rings (SSSR count). The van der Waals surface area contributed by atoms with Crippen molar-refractivity contribution in [1.29, 1.82) is 0 Å². The molecule has 0 radical (unpaired) electrons. The Morgan fingerprint density at radius 2 is 2.06 bits per heavy atom. The number of carbonyl (C=O) groups is 1. The van der Waals surface area contributed by atoms with Crippen LogP contribution in [-0.4, -0.2) is 18.9 Å². The number of hydrazone groups is 1. The third-order valence-electron chi connectivity index (χ3n) is 1.98. The highest BCUT2D eigenvalue weighted by Gasteiger charge is 2.03. The van der Waals surface area contributed by atoms with E-state index in [2.05, 4.69) is 15.3 Å². The first-order valence-corrected chi connectivity index (χ1v) is 4.83. The van der Waals surface area contributed by atoms with E-state index >= 15 is 0 Å². The SMILES string of the molecule is CCC(=NNC(=O)OC)c1ccc(F)cc1. The summed E-state index contributed by atoms with van der Waals surface area (Å²) < 4.78 is 17.1. The van der Waals surface area contributed by atoms with E-state index in [0.29, 0.717) is 12.1 Å². The quantitative estimate of drug-likeness (QED) is 0.632. The van der Waals surface area contributed by atoms with E-state index in [4.69, 9.17) is 0 Å². The van der Waals surface area contributed by atoms with Crippen molar-refractivity contribution in [3.8, 4) is 0 Å². The van der Waals surface area contributed by atoms with Crippen LogP contribution >= 0.6 is 0 Å². The van der Waals surface area contributed by atoms with Gasteiger partial charge in [-0.15, -0.1) is 0 Å². The zero-order valence-electron chi connectivity index (χ0n) is 9.16. The average Bonchev–Trinajstić information content (AvgIpc) is 2.31. The number of hydrogen-bond donors (Lipinski definition) is 1. The number of rotatable bonds is 3. The topological polar surface area (TPSA) is 50.7 Å². The number of benzene rings is 1. The van der Waals surface area contributed by atoms with E-state index in [1.165, 1.54) is 19.2 Å². The minimum absolute atomic E-state index is 0.305. The van der Waals surface area contributed by atoms with Crippen LogP contribution in [0.15, 0.2) is 29.4 Å². The Kier molecular flexibility index (Phi) is 4.44. The fraction of sp³-hybridized carbons (Fsp3) is 0.273. The molecule has 1 amide bonds. The van der Waals surface area contributed by atoms with Gasteiger partial charge in [0.2, 0.25) is 0 Å². The van der Waals surface area contributed by atoms with Crippen LogP contribution in [0.4, 0.5) is 9.18 Å². The molecule has 0 unspecified atom stereocenters. The van der Waals surface area contributed by atoms with Crippen molar-refractivity contribution < 1.29 is 13.9 Å². The molecule has 16 heavy (non-hydrogen) atoms. The van der Waals surface area contributed by atoms with Gasteiger partial charge in [0, 0.05) is 0 Å². The molecular formula is C11H13FN2O2. The second kappa shape index (κ2) is 5.85. The number of amides is 1. The van der Waals surface area contributed by atoms with E-state index in [-0.39, 0.29) is 5.82 Å². The van der Waals surface area contributed by atoms with Gasteiger partial charge in [0.25, 0.3) is 0 Å². The monoisotopic (exact) mass is 224 g/mol. The summed E-state index contributed by atoms with van der Waals surface area (Å²) in [5.41, 5.74) is 3.65. The summed E-state index contributed by atoms with van der Waals surface area (Å²) in [6.07, 6.45) is -0.0108. The van der Waals surface area contributed by atoms with Crippen LogP contribution in [0, 0.1) is 5.82 Å². The Hall–Kier alpha value is -1.91. The Labute approximate surface area is 93.1 Å². The van der Waals surface area contributed by atoms with Crippen molar-refractivity contribution in [2.24, 2.45) is 5.10 Å². The average molecular weight is 224 g/mol. The number of hydrogen-bond acceptors (Lipinski definition) is 3. The molecule has 0 saturated carbocycles. The van der Waals surface area contributed by atoms with Gasteiger partial charge in [-0.05, 0) is 24.1 Å². The van der Waals surface area contributed by atoms with Crippen molar-refractivity contribution in [2.45, 2.75) is 13.3 Å². The molecule has 0 atom stereocenters. The van der Waals surface area contributed by atoms with Gasteiger partial charge >= 0.3 is 6.09 Å². The number of nitrogens with zero attached hydrogens (tertiary/aromatic N) is 1. The Morgan fingerprint density at radius 1 is 1.44 bits per heavy atom. The fourth-order valence-corrected chi connectivity index (χ4v) is 1.15. The maximum atomic E-state index is 12.7. The minimum atomic E-state index is -0.631. The lowest BCUT2D eigenvalue weighted by atomic mass is 10.1. The van der Waals surface area contributed by atoms with Crippen LogP contribution in [0.5, 0.6) is 0 Å². The van der Waals surface area contributed by atoms with Gasteiger partial charge < -0.3 is 4.74 Å². The molecule has 0 fully saturated rings. The van der Waals surface area contributed by atoms with Crippen LogP contribution in [0.2, 0.25) is 0 Å². The predicted octanol–water partition coefficient (Wildman–Crippen LogP) is 2.30. The predicted molar refractivity (Wildman–Crippen MR) is 58.8 cm³/mol. The normalized spacial score (nSPS) is 11.1. The summed E-state index contributed by atoms with van der Waals surface area (Å²) in [6, 6.07) is 5.91. The molecule has 0 saturated heterocycles. The molecule has 86 valence electrons. The number of nitrogens with one attached hydrogen (secondary N) is 1. The van der Waals surface area contributed by atoms with E-state index < -0.39 is 6.09 Å². The first-order chi connectivity index (χ1) is 7.67. The molecule has 1 N–H and O–H groups in total. The zero-order chi connectivity index (χ0) is 12.0. The summed E-state index contributed by atoms with van der Waals surface area (Å²) >= 11 is 0. The van der Waals surface area contributed by atoms with Gasteiger partial charge in [-0.2, -0.15) is 5.10 Å². The molecule has 0 heterocycles. The van der Waals surface area contributed by atoms with Crippen LogP contribution in [0.3, 0.4) is 0 Å². The molecule has 4 nitrogen and oxygen atoms in total. The first kappa shape index (κ1) is 12.2. The standard InChI is InChI=1S/C11H13FN2O2/c1-3-10(13-14-11(15)16-2)8-4-6-9(12)7-5-8/h4-7H,3H2,1-2H3,(H,14,15). The smallest absolute Gasteiger partial charge is 0.427 e. The largest absolute Gasteiger partial charge is 0.452 e. The Bertz CT molecular complexity index is 387. The number of ether oxygens (including phenoxy) is 1. The Balaban J connectivity index is 2.81. The fourth-order valence-electron chi connectivity index (χ4n) is 1.15. The minimum Gasteiger partial charge on any atom is -0.452 e.